The summed E-state index contributed by atoms with van der Waals surface area (Å²) in [5, 5.41) is 23.8. The predicted molar refractivity (Wildman–Crippen MR) is 73.5 cm³/mol. The van der Waals surface area contributed by atoms with Crippen LogP contribution in [-0.4, -0.2) is 42.5 Å². The fraction of sp³-hybridized carbons (Fsp3) is 0.462. The van der Waals surface area contributed by atoms with E-state index in [-0.39, 0.29) is 19.1 Å². The molecule has 0 aliphatic rings. The number of rotatable bonds is 7. The highest BCUT2D eigenvalue weighted by molar-refractivity contribution is 5.91. The van der Waals surface area contributed by atoms with Crippen LogP contribution in [-0.2, 0) is 4.79 Å². The first-order chi connectivity index (χ1) is 9.10. The molecule has 106 valence electrons. The first kappa shape index (κ1) is 15.3. The third-order valence-corrected chi connectivity index (χ3v) is 2.54. The highest BCUT2D eigenvalue weighted by atomic mass is 16.5. The lowest BCUT2D eigenvalue weighted by atomic mass is 10.2. The summed E-state index contributed by atoms with van der Waals surface area (Å²) in [5.41, 5.74) is 1.29. The predicted octanol–water partition coefficient (Wildman–Crippen LogP) is 0.809. The van der Waals surface area contributed by atoms with E-state index in [9.17, 15) is 9.90 Å². The number of methoxy groups -OCH3 is 1. The van der Waals surface area contributed by atoms with E-state index < -0.39 is 6.10 Å². The maximum absolute atomic E-state index is 11.3. The standard InChI is InChI=1S/C13H20N2O4/c1-3-13(18)15-9-4-5-12(19-2)11(6-9)14-7-10(17)8-16/h4-6,10,14,16-17H,3,7-8H2,1-2H3,(H,15,18). The fourth-order valence-corrected chi connectivity index (χ4v) is 1.47. The average Bonchev–Trinajstić information content (AvgIpc) is 2.44. The van der Waals surface area contributed by atoms with Crippen LogP contribution in [0.2, 0.25) is 0 Å². The molecule has 0 bridgehead atoms. The molecule has 0 radical (unpaired) electrons. The van der Waals surface area contributed by atoms with Crippen LogP contribution >= 0.6 is 0 Å². The molecule has 1 unspecified atom stereocenters. The highest BCUT2D eigenvalue weighted by Gasteiger charge is 2.08. The van der Waals surface area contributed by atoms with Crippen molar-refractivity contribution in [3.05, 3.63) is 18.2 Å². The van der Waals surface area contributed by atoms with Gasteiger partial charge in [-0.25, -0.2) is 0 Å². The molecule has 6 heteroatoms. The molecular weight excluding hydrogens is 248 g/mol. The van der Waals surface area contributed by atoms with Crippen molar-refractivity contribution in [1.82, 2.24) is 0 Å². The highest BCUT2D eigenvalue weighted by Crippen LogP contribution is 2.27. The zero-order valence-corrected chi connectivity index (χ0v) is 11.1. The van der Waals surface area contributed by atoms with Gasteiger partial charge in [-0.15, -0.1) is 0 Å². The Kier molecular flexibility index (Phi) is 6.11. The zero-order chi connectivity index (χ0) is 14.3. The monoisotopic (exact) mass is 268 g/mol. The Morgan fingerprint density at radius 3 is 2.79 bits per heavy atom. The second-order valence-corrected chi connectivity index (χ2v) is 4.03. The van der Waals surface area contributed by atoms with Gasteiger partial charge in [0.05, 0.1) is 25.5 Å². The van der Waals surface area contributed by atoms with Crippen molar-refractivity contribution in [2.24, 2.45) is 0 Å². The molecule has 1 aromatic rings. The van der Waals surface area contributed by atoms with Crippen molar-refractivity contribution in [3.63, 3.8) is 0 Å². The third kappa shape index (κ3) is 4.76. The number of ether oxygens (including phenoxy) is 1. The minimum atomic E-state index is -0.849. The smallest absolute Gasteiger partial charge is 0.224 e. The second kappa shape index (κ2) is 7.60. The molecule has 6 nitrogen and oxygen atoms in total. The SMILES string of the molecule is CCC(=O)Nc1ccc(OC)c(NCC(O)CO)c1. The number of carbonyl (C=O) groups is 1. The first-order valence-corrected chi connectivity index (χ1v) is 6.11. The number of hydrogen-bond donors (Lipinski definition) is 4. The van der Waals surface area contributed by atoms with Gasteiger partial charge in [0, 0.05) is 18.7 Å². The van der Waals surface area contributed by atoms with Gasteiger partial charge in [-0.05, 0) is 18.2 Å². The molecule has 0 fully saturated rings. The van der Waals surface area contributed by atoms with Crippen molar-refractivity contribution >= 4 is 17.3 Å². The van der Waals surface area contributed by atoms with Crippen LogP contribution in [0.1, 0.15) is 13.3 Å². The summed E-state index contributed by atoms with van der Waals surface area (Å²) >= 11 is 0. The molecule has 0 aromatic heterocycles. The first-order valence-electron chi connectivity index (χ1n) is 6.11. The molecule has 0 saturated carbocycles. The number of anilines is 2. The zero-order valence-electron chi connectivity index (χ0n) is 11.1. The van der Waals surface area contributed by atoms with Crippen LogP contribution in [0.5, 0.6) is 5.75 Å². The number of amides is 1. The van der Waals surface area contributed by atoms with Crippen molar-refractivity contribution in [1.29, 1.82) is 0 Å². The Hall–Kier alpha value is -1.79. The number of nitrogens with one attached hydrogen (secondary N) is 2. The van der Waals surface area contributed by atoms with E-state index in [1.165, 1.54) is 7.11 Å². The molecule has 1 rings (SSSR count). The summed E-state index contributed by atoms with van der Waals surface area (Å²) in [6.45, 7) is 1.65. The Balaban J connectivity index is 2.80. The Morgan fingerprint density at radius 2 is 2.21 bits per heavy atom. The Bertz CT molecular complexity index is 423. The minimum Gasteiger partial charge on any atom is -0.495 e. The molecule has 1 aromatic carbocycles. The van der Waals surface area contributed by atoms with E-state index >= 15 is 0 Å². The number of carbonyl (C=O) groups excluding carboxylic acids is 1. The molecule has 19 heavy (non-hydrogen) atoms. The fourth-order valence-electron chi connectivity index (χ4n) is 1.47. The van der Waals surface area contributed by atoms with Crippen LogP contribution in [0, 0.1) is 0 Å². The van der Waals surface area contributed by atoms with Crippen LogP contribution in [0.4, 0.5) is 11.4 Å². The van der Waals surface area contributed by atoms with Crippen LogP contribution in [0.25, 0.3) is 0 Å². The van der Waals surface area contributed by atoms with Crippen molar-refractivity contribution in [2.75, 3.05) is 30.9 Å². The van der Waals surface area contributed by atoms with Gasteiger partial charge in [-0.2, -0.15) is 0 Å². The molecule has 0 aliphatic carbocycles. The van der Waals surface area contributed by atoms with Gasteiger partial charge >= 0.3 is 0 Å². The summed E-state index contributed by atoms with van der Waals surface area (Å²) in [4.78, 5) is 11.3. The Morgan fingerprint density at radius 1 is 1.47 bits per heavy atom. The van der Waals surface area contributed by atoms with Gasteiger partial charge in [0.15, 0.2) is 0 Å². The molecular formula is C13H20N2O4. The van der Waals surface area contributed by atoms with Gasteiger partial charge < -0.3 is 25.6 Å². The maximum Gasteiger partial charge on any atom is 0.224 e. The summed E-state index contributed by atoms with van der Waals surface area (Å²) in [7, 11) is 1.54. The van der Waals surface area contributed by atoms with E-state index in [0.29, 0.717) is 23.5 Å². The molecule has 1 amide bonds. The van der Waals surface area contributed by atoms with Gasteiger partial charge in [0.1, 0.15) is 5.75 Å². The largest absolute Gasteiger partial charge is 0.495 e. The van der Waals surface area contributed by atoms with E-state index in [4.69, 9.17) is 9.84 Å². The van der Waals surface area contributed by atoms with Crippen LogP contribution < -0.4 is 15.4 Å². The maximum atomic E-state index is 11.3. The summed E-state index contributed by atoms with van der Waals surface area (Å²) in [6.07, 6.45) is -0.448. The average molecular weight is 268 g/mol. The molecule has 1 atom stereocenters. The van der Waals surface area contributed by atoms with E-state index in [1.54, 1.807) is 25.1 Å². The van der Waals surface area contributed by atoms with E-state index in [1.807, 2.05) is 0 Å². The summed E-state index contributed by atoms with van der Waals surface area (Å²) in [5.74, 6) is 0.520. The minimum absolute atomic E-state index is 0.0773. The third-order valence-electron chi connectivity index (χ3n) is 2.54. The number of hydrogen-bond acceptors (Lipinski definition) is 5. The quantitative estimate of drug-likeness (QED) is 0.587. The van der Waals surface area contributed by atoms with Crippen molar-refractivity contribution in [2.45, 2.75) is 19.4 Å². The molecule has 0 spiro atoms. The summed E-state index contributed by atoms with van der Waals surface area (Å²) in [6, 6.07) is 5.18. The summed E-state index contributed by atoms with van der Waals surface area (Å²) < 4.78 is 5.18. The van der Waals surface area contributed by atoms with Crippen molar-refractivity contribution in [3.8, 4) is 5.75 Å². The number of benzene rings is 1. The van der Waals surface area contributed by atoms with Crippen LogP contribution in [0.3, 0.4) is 0 Å². The topological polar surface area (TPSA) is 90.8 Å². The lowest BCUT2D eigenvalue weighted by Crippen LogP contribution is -2.23. The number of aliphatic hydroxyl groups excluding tert-OH is 2. The van der Waals surface area contributed by atoms with E-state index in [2.05, 4.69) is 10.6 Å². The van der Waals surface area contributed by atoms with Gasteiger partial charge in [-0.3, -0.25) is 4.79 Å². The van der Waals surface area contributed by atoms with Gasteiger partial charge in [0.2, 0.25) is 5.91 Å². The van der Waals surface area contributed by atoms with E-state index in [0.717, 1.165) is 0 Å². The molecule has 4 N–H and O–H groups in total. The molecule has 0 heterocycles. The second-order valence-electron chi connectivity index (χ2n) is 4.03. The lowest BCUT2D eigenvalue weighted by molar-refractivity contribution is -0.115. The van der Waals surface area contributed by atoms with Gasteiger partial charge in [0.25, 0.3) is 0 Å². The van der Waals surface area contributed by atoms with Crippen molar-refractivity contribution < 1.29 is 19.7 Å². The van der Waals surface area contributed by atoms with Crippen LogP contribution in [0.15, 0.2) is 18.2 Å². The molecule has 0 saturated heterocycles. The van der Waals surface area contributed by atoms with Gasteiger partial charge in [-0.1, -0.05) is 6.92 Å². The lowest BCUT2D eigenvalue weighted by Gasteiger charge is -2.15. The number of aliphatic hydroxyl groups is 2. The molecule has 0 aliphatic heterocycles. The normalized spacial score (nSPS) is 11.8. The Labute approximate surface area is 112 Å².